The average Bonchev–Trinajstić information content (AvgIpc) is 2.91. The number of hydrogen-bond acceptors (Lipinski definition) is 3. The summed E-state index contributed by atoms with van der Waals surface area (Å²) in [6.45, 7) is 13.8. The van der Waals surface area contributed by atoms with E-state index in [2.05, 4.69) is 48.3 Å². The van der Waals surface area contributed by atoms with Gasteiger partial charge >= 0.3 is 0 Å². The van der Waals surface area contributed by atoms with E-state index < -0.39 is 0 Å². The van der Waals surface area contributed by atoms with E-state index in [-0.39, 0.29) is 24.0 Å². The van der Waals surface area contributed by atoms with Crippen molar-refractivity contribution in [3.05, 3.63) is 0 Å². The molecule has 5 nitrogen and oxygen atoms in total. The van der Waals surface area contributed by atoms with Gasteiger partial charge in [-0.3, -0.25) is 9.89 Å². The molecule has 1 heterocycles. The summed E-state index contributed by atoms with van der Waals surface area (Å²) in [7, 11) is 2.14. The molecule has 0 saturated carbocycles. The molecule has 1 aliphatic rings. The molecule has 1 unspecified atom stereocenters. The van der Waals surface area contributed by atoms with Gasteiger partial charge in [-0.05, 0) is 46.4 Å². The molecule has 2 N–H and O–H groups in total. The number of nitrogens with zero attached hydrogens (tertiary/aromatic N) is 3. The predicted molar refractivity (Wildman–Crippen MR) is 103 cm³/mol. The quantitative estimate of drug-likeness (QED) is 0.362. The summed E-state index contributed by atoms with van der Waals surface area (Å²) >= 11 is 0. The van der Waals surface area contributed by atoms with Crippen molar-refractivity contribution in [2.45, 2.75) is 39.7 Å². The van der Waals surface area contributed by atoms with Crippen LogP contribution >= 0.6 is 24.0 Å². The molecule has 126 valence electrons. The average molecular weight is 411 g/mol. The number of guanidine groups is 1. The van der Waals surface area contributed by atoms with E-state index in [1.165, 1.54) is 19.4 Å². The van der Waals surface area contributed by atoms with Gasteiger partial charge in [0.15, 0.2) is 5.96 Å². The van der Waals surface area contributed by atoms with Gasteiger partial charge in [0.2, 0.25) is 0 Å². The SMILES string of the molecule is CCNC(=NCC1CCCN1CC)NCCN(C)CC.I. The molecule has 0 aromatic carbocycles. The van der Waals surface area contributed by atoms with E-state index in [0.29, 0.717) is 6.04 Å². The van der Waals surface area contributed by atoms with Crippen molar-refractivity contribution in [3.8, 4) is 0 Å². The summed E-state index contributed by atoms with van der Waals surface area (Å²) in [5.74, 6) is 0.958. The highest BCUT2D eigenvalue weighted by atomic mass is 127. The van der Waals surface area contributed by atoms with Crippen LogP contribution < -0.4 is 10.6 Å². The molecule has 0 aromatic heterocycles. The van der Waals surface area contributed by atoms with Gasteiger partial charge < -0.3 is 15.5 Å². The lowest BCUT2D eigenvalue weighted by molar-refractivity contribution is 0.273. The van der Waals surface area contributed by atoms with Gasteiger partial charge in [-0.15, -0.1) is 24.0 Å². The predicted octanol–water partition coefficient (Wildman–Crippen LogP) is 1.60. The maximum Gasteiger partial charge on any atom is 0.191 e. The highest BCUT2D eigenvalue weighted by molar-refractivity contribution is 14.0. The number of rotatable bonds is 8. The van der Waals surface area contributed by atoms with Gasteiger partial charge in [-0.25, -0.2) is 0 Å². The fourth-order valence-corrected chi connectivity index (χ4v) is 2.58. The molecule has 0 amide bonds. The highest BCUT2D eigenvalue weighted by Gasteiger charge is 2.22. The van der Waals surface area contributed by atoms with Crippen LogP contribution in [-0.4, -0.2) is 74.7 Å². The van der Waals surface area contributed by atoms with Crippen LogP contribution in [0.2, 0.25) is 0 Å². The van der Waals surface area contributed by atoms with E-state index >= 15 is 0 Å². The van der Waals surface area contributed by atoms with Crippen molar-refractivity contribution >= 4 is 29.9 Å². The highest BCUT2D eigenvalue weighted by Crippen LogP contribution is 2.16. The van der Waals surface area contributed by atoms with Crippen molar-refractivity contribution in [3.63, 3.8) is 0 Å². The maximum atomic E-state index is 4.75. The summed E-state index contributed by atoms with van der Waals surface area (Å²) in [4.78, 5) is 9.59. The first kappa shape index (κ1) is 20.9. The zero-order valence-corrected chi connectivity index (χ0v) is 16.5. The Balaban J connectivity index is 0.00000400. The van der Waals surface area contributed by atoms with Crippen LogP contribution in [0.5, 0.6) is 0 Å². The summed E-state index contributed by atoms with van der Waals surface area (Å²) in [5, 5.41) is 6.75. The number of halogens is 1. The van der Waals surface area contributed by atoms with E-state index in [4.69, 9.17) is 4.99 Å². The molecule has 0 radical (unpaired) electrons. The molecule has 21 heavy (non-hydrogen) atoms. The first-order chi connectivity index (χ1) is 9.71. The van der Waals surface area contributed by atoms with Crippen LogP contribution in [-0.2, 0) is 0 Å². The Kier molecular flexibility index (Phi) is 12.4. The minimum atomic E-state index is 0. The summed E-state index contributed by atoms with van der Waals surface area (Å²) < 4.78 is 0. The van der Waals surface area contributed by atoms with Gasteiger partial charge in [0.1, 0.15) is 0 Å². The maximum absolute atomic E-state index is 4.75. The first-order valence-corrected chi connectivity index (χ1v) is 8.16. The van der Waals surface area contributed by atoms with E-state index in [0.717, 1.165) is 45.2 Å². The number of nitrogens with one attached hydrogen (secondary N) is 2. The van der Waals surface area contributed by atoms with Crippen molar-refractivity contribution in [1.82, 2.24) is 20.4 Å². The number of likely N-dealkylation sites (tertiary alicyclic amines) is 1. The fraction of sp³-hybridized carbons (Fsp3) is 0.933. The van der Waals surface area contributed by atoms with Crippen LogP contribution in [0.4, 0.5) is 0 Å². The minimum Gasteiger partial charge on any atom is -0.357 e. The standard InChI is InChI=1S/C15H33N5.HI/c1-5-16-15(17-10-12-19(4)6-2)18-13-14-9-8-11-20(14)7-3;/h14H,5-13H2,1-4H3,(H2,16,17,18);1H. The third kappa shape index (κ3) is 8.21. The smallest absolute Gasteiger partial charge is 0.191 e. The second-order valence-electron chi connectivity index (χ2n) is 5.47. The Morgan fingerprint density at radius 3 is 2.67 bits per heavy atom. The minimum absolute atomic E-state index is 0. The van der Waals surface area contributed by atoms with Gasteiger partial charge in [-0.2, -0.15) is 0 Å². The second-order valence-corrected chi connectivity index (χ2v) is 5.47. The molecule has 1 rings (SSSR count). The Labute approximate surface area is 148 Å². The van der Waals surface area contributed by atoms with Crippen LogP contribution in [0.25, 0.3) is 0 Å². The Hall–Kier alpha value is -0.0800. The Bertz CT molecular complexity index is 285. The molecule has 0 aliphatic carbocycles. The summed E-state index contributed by atoms with van der Waals surface area (Å²) in [5.41, 5.74) is 0. The molecular weight excluding hydrogens is 377 g/mol. The van der Waals surface area contributed by atoms with Gasteiger partial charge in [0.05, 0.1) is 6.54 Å². The fourth-order valence-electron chi connectivity index (χ4n) is 2.58. The molecule has 1 aliphatic heterocycles. The lowest BCUT2D eigenvalue weighted by Crippen LogP contribution is -2.42. The molecule has 0 aromatic rings. The van der Waals surface area contributed by atoms with Crippen molar-refractivity contribution in [2.75, 3.05) is 52.9 Å². The second kappa shape index (κ2) is 12.5. The molecule has 6 heteroatoms. The van der Waals surface area contributed by atoms with E-state index in [9.17, 15) is 0 Å². The molecular formula is C15H34IN5. The van der Waals surface area contributed by atoms with Gasteiger partial charge in [0, 0.05) is 25.7 Å². The molecule has 0 bridgehead atoms. The van der Waals surface area contributed by atoms with Crippen molar-refractivity contribution < 1.29 is 0 Å². The van der Waals surface area contributed by atoms with Crippen LogP contribution in [0.3, 0.4) is 0 Å². The molecule has 0 spiro atoms. The molecule has 1 saturated heterocycles. The first-order valence-electron chi connectivity index (χ1n) is 8.16. The van der Waals surface area contributed by atoms with E-state index in [1.807, 2.05) is 0 Å². The lowest BCUT2D eigenvalue weighted by Gasteiger charge is -2.22. The van der Waals surface area contributed by atoms with Gasteiger partial charge in [-0.1, -0.05) is 13.8 Å². The zero-order valence-electron chi connectivity index (χ0n) is 14.2. The third-order valence-electron chi connectivity index (χ3n) is 4.04. The normalized spacial score (nSPS) is 19.7. The molecule has 1 fully saturated rings. The Morgan fingerprint density at radius 1 is 1.29 bits per heavy atom. The largest absolute Gasteiger partial charge is 0.357 e. The number of aliphatic imine (C=N–C) groups is 1. The van der Waals surface area contributed by atoms with Gasteiger partial charge in [0.25, 0.3) is 0 Å². The lowest BCUT2D eigenvalue weighted by atomic mass is 10.2. The summed E-state index contributed by atoms with van der Waals surface area (Å²) in [6, 6.07) is 0.633. The summed E-state index contributed by atoms with van der Waals surface area (Å²) in [6.07, 6.45) is 2.61. The Morgan fingerprint density at radius 2 is 2.05 bits per heavy atom. The molecule has 1 atom stereocenters. The zero-order chi connectivity index (χ0) is 14.8. The van der Waals surface area contributed by atoms with Crippen molar-refractivity contribution in [2.24, 2.45) is 4.99 Å². The van der Waals surface area contributed by atoms with E-state index in [1.54, 1.807) is 0 Å². The third-order valence-corrected chi connectivity index (χ3v) is 4.04. The topological polar surface area (TPSA) is 42.9 Å². The van der Waals surface area contributed by atoms with Crippen LogP contribution in [0.1, 0.15) is 33.6 Å². The van der Waals surface area contributed by atoms with Crippen LogP contribution in [0.15, 0.2) is 4.99 Å². The van der Waals surface area contributed by atoms with Crippen LogP contribution in [0, 0.1) is 0 Å². The number of likely N-dealkylation sites (N-methyl/N-ethyl adjacent to an activating group) is 2. The van der Waals surface area contributed by atoms with Crippen molar-refractivity contribution in [1.29, 1.82) is 0 Å². The number of hydrogen-bond donors (Lipinski definition) is 2. The monoisotopic (exact) mass is 411 g/mol.